The highest BCUT2D eigenvalue weighted by atomic mass is 16.5. The van der Waals surface area contributed by atoms with E-state index in [0.717, 1.165) is 23.3 Å². The molecule has 0 aromatic heterocycles. The molecule has 4 nitrogen and oxygen atoms in total. The van der Waals surface area contributed by atoms with Gasteiger partial charge in [0.05, 0.1) is 12.1 Å². The molecule has 3 rings (SSSR count). The van der Waals surface area contributed by atoms with E-state index in [-0.39, 0.29) is 11.9 Å². The number of carbonyl (C=O) groups is 1. The highest BCUT2D eigenvalue weighted by Gasteiger charge is 2.23. The van der Waals surface area contributed by atoms with Crippen LogP contribution in [-0.4, -0.2) is 24.6 Å². The maximum absolute atomic E-state index is 12.2. The van der Waals surface area contributed by atoms with E-state index in [2.05, 4.69) is 5.32 Å². The van der Waals surface area contributed by atoms with Gasteiger partial charge in [-0.2, -0.15) is 0 Å². The van der Waals surface area contributed by atoms with Gasteiger partial charge in [-0.15, -0.1) is 0 Å². The molecular weight excluding hydrogens is 276 g/mol. The summed E-state index contributed by atoms with van der Waals surface area (Å²) in [5.41, 5.74) is 8.19. The van der Waals surface area contributed by atoms with Crippen LogP contribution in [0, 0.1) is 0 Å². The first-order valence-electron chi connectivity index (χ1n) is 7.53. The van der Waals surface area contributed by atoms with Gasteiger partial charge in [-0.1, -0.05) is 48.5 Å². The lowest BCUT2D eigenvalue weighted by atomic mass is 10.0. The van der Waals surface area contributed by atoms with Crippen LogP contribution in [0.5, 0.6) is 5.75 Å². The van der Waals surface area contributed by atoms with Gasteiger partial charge in [0.25, 0.3) is 0 Å². The second-order valence-electron chi connectivity index (χ2n) is 5.62. The van der Waals surface area contributed by atoms with Crippen LogP contribution in [0.25, 0.3) is 0 Å². The van der Waals surface area contributed by atoms with E-state index in [1.54, 1.807) is 0 Å². The van der Waals surface area contributed by atoms with Crippen molar-refractivity contribution in [3.63, 3.8) is 0 Å². The fourth-order valence-corrected chi connectivity index (χ4v) is 2.69. The molecular formula is C18H20N2O2. The molecule has 4 heteroatoms. The molecule has 1 amide bonds. The Hall–Kier alpha value is -2.33. The van der Waals surface area contributed by atoms with E-state index in [1.807, 2.05) is 54.6 Å². The van der Waals surface area contributed by atoms with Crippen LogP contribution in [0.4, 0.5) is 0 Å². The van der Waals surface area contributed by atoms with E-state index >= 15 is 0 Å². The molecule has 22 heavy (non-hydrogen) atoms. The third-order valence-corrected chi connectivity index (χ3v) is 3.86. The van der Waals surface area contributed by atoms with Crippen LogP contribution in [-0.2, 0) is 17.6 Å². The summed E-state index contributed by atoms with van der Waals surface area (Å²) in [5.74, 6) is 0.776. The van der Waals surface area contributed by atoms with E-state index in [1.165, 1.54) is 0 Å². The molecule has 0 aliphatic carbocycles. The molecule has 0 bridgehead atoms. The Morgan fingerprint density at radius 3 is 2.73 bits per heavy atom. The van der Waals surface area contributed by atoms with Gasteiger partial charge in [-0.25, -0.2) is 0 Å². The summed E-state index contributed by atoms with van der Waals surface area (Å²) in [5, 5.41) is 2.99. The largest absolute Gasteiger partial charge is 0.491 e. The first kappa shape index (κ1) is 14.6. The van der Waals surface area contributed by atoms with Crippen LogP contribution in [0.15, 0.2) is 54.6 Å². The lowest BCUT2D eigenvalue weighted by Gasteiger charge is -2.27. The molecule has 0 radical (unpaired) electrons. The highest BCUT2D eigenvalue weighted by molar-refractivity contribution is 5.82. The number of nitrogens with two attached hydrogens (primary N) is 1. The van der Waals surface area contributed by atoms with Crippen molar-refractivity contribution in [1.29, 1.82) is 0 Å². The zero-order valence-electron chi connectivity index (χ0n) is 12.4. The van der Waals surface area contributed by atoms with Crippen molar-refractivity contribution >= 4 is 5.91 Å². The Kier molecular flexibility index (Phi) is 4.39. The highest BCUT2D eigenvalue weighted by Crippen LogP contribution is 2.23. The van der Waals surface area contributed by atoms with Crippen LogP contribution in [0.2, 0.25) is 0 Å². The van der Waals surface area contributed by atoms with Crippen molar-refractivity contribution in [2.24, 2.45) is 5.73 Å². The topological polar surface area (TPSA) is 64.4 Å². The van der Waals surface area contributed by atoms with Crippen LogP contribution < -0.4 is 15.8 Å². The summed E-state index contributed by atoms with van der Waals surface area (Å²) in [7, 11) is 0. The fourth-order valence-electron chi connectivity index (χ4n) is 2.69. The van der Waals surface area contributed by atoms with Crippen LogP contribution >= 0.6 is 0 Å². The zero-order valence-corrected chi connectivity index (χ0v) is 12.4. The predicted molar refractivity (Wildman–Crippen MR) is 85.7 cm³/mol. The number of nitrogens with one attached hydrogen (secondary N) is 1. The third-order valence-electron chi connectivity index (χ3n) is 3.86. The minimum atomic E-state index is -0.542. The van der Waals surface area contributed by atoms with Gasteiger partial charge in [0.15, 0.2) is 0 Å². The molecule has 1 aliphatic rings. The summed E-state index contributed by atoms with van der Waals surface area (Å²) in [4.78, 5) is 12.2. The van der Waals surface area contributed by atoms with E-state index in [0.29, 0.717) is 13.0 Å². The SMILES string of the molecule is NC(Cc1ccccc1)C(=O)NC1COc2ccccc2C1. The first-order valence-corrected chi connectivity index (χ1v) is 7.53. The van der Waals surface area contributed by atoms with Crippen molar-refractivity contribution in [2.75, 3.05) is 6.61 Å². The Balaban J connectivity index is 1.56. The van der Waals surface area contributed by atoms with Crippen molar-refractivity contribution in [2.45, 2.75) is 24.9 Å². The molecule has 2 atom stereocenters. The molecule has 2 aromatic rings. The molecule has 1 heterocycles. The first-order chi connectivity index (χ1) is 10.7. The number of benzene rings is 2. The summed E-state index contributed by atoms with van der Waals surface area (Å²) in [6, 6.07) is 17.2. The Bertz CT molecular complexity index is 643. The van der Waals surface area contributed by atoms with Gasteiger partial charge in [-0.3, -0.25) is 4.79 Å². The molecule has 3 N–H and O–H groups in total. The van der Waals surface area contributed by atoms with Gasteiger partial charge in [0.1, 0.15) is 12.4 Å². The summed E-state index contributed by atoms with van der Waals surface area (Å²) in [6.07, 6.45) is 1.32. The Morgan fingerprint density at radius 2 is 1.91 bits per heavy atom. The molecule has 2 unspecified atom stereocenters. The number of fused-ring (bicyclic) bond motifs is 1. The van der Waals surface area contributed by atoms with Crippen molar-refractivity contribution in [3.05, 3.63) is 65.7 Å². The minimum Gasteiger partial charge on any atom is -0.491 e. The maximum atomic E-state index is 12.2. The average molecular weight is 296 g/mol. The number of carbonyl (C=O) groups excluding carboxylic acids is 1. The molecule has 0 saturated heterocycles. The maximum Gasteiger partial charge on any atom is 0.237 e. The van der Waals surface area contributed by atoms with Crippen LogP contribution in [0.1, 0.15) is 11.1 Å². The monoisotopic (exact) mass is 296 g/mol. The molecule has 0 fully saturated rings. The quantitative estimate of drug-likeness (QED) is 0.902. The zero-order chi connectivity index (χ0) is 15.4. The lowest BCUT2D eigenvalue weighted by molar-refractivity contribution is -0.123. The van der Waals surface area contributed by atoms with E-state index < -0.39 is 6.04 Å². The van der Waals surface area contributed by atoms with Gasteiger partial charge in [-0.05, 0) is 30.0 Å². The molecule has 1 aliphatic heterocycles. The standard InChI is InChI=1S/C18H20N2O2/c19-16(10-13-6-2-1-3-7-13)18(21)20-15-11-14-8-4-5-9-17(14)22-12-15/h1-9,15-16H,10-12,19H2,(H,20,21). The lowest BCUT2D eigenvalue weighted by Crippen LogP contribution is -2.50. The van der Waals surface area contributed by atoms with Crippen molar-refractivity contribution < 1.29 is 9.53 Å². The molecule has 2 aromatic carbocycles. The number of ether oxygens (including phenoxy) is 1. The number of rotatable bonds is 4. The predicted octanol–water partition coefficient (Wildman–Crippen LogP) is 1.68. The van der Waals surface area contributed by atoms with Gasteiger partial charge in [0, 0.05) is 0 Å². The molecule has 114 valence electrons. The Morgan fingerprint density at radius 1 is 1.18 bits per heavy atom. The number of hydrogen-bond donors (Lipinski definition) is 2. The van der Waals surface area contributed by atoms with Crippen LogP contribution in [0.3, 0.4) is 0 Å². The summed E-state index contributed by atoms with van der Waals surface area (Å²) < 4.78 is 5.68. The normalized spacial score (nSPS) is 18.0. The second-order valence-corrected chi connectivity index (χ2v) is 5.62. The number of amides is 1. The van der Waals surface area contributed by atoms with Crippen molar-refractivity contribution in [3.8, 4) is 5.75 Å². The minimum absolute atomic E-state index is 0.0239. The second kappa shape index (κ2) is 6.62. The third kappa shape index (κ3) is 3.46. The average Bonchev–Trinajstić information content (AvgIpc) is 2.55. The molecule has 0 saturated carbocycles. The van der Waals surface area contributed by atoms with E-state index in [4.69, 9.17) is 10.5 Å². The van der Waals surface area contributed by atoms with Crippen molar-refractivity contribution in [1.82, 2.24) is 5.32 Å². The van der Waals surface area contributed by atoms with E-state index in [9.17, 15) is 4.79 Å². The Labute approximate surface area is 130 Å². The smallest absolute Gasteiger partial charge is 0.237 e. The summed E-state index contributed by atoms with van der Waals surface area (Å²) in [6.45, 7) is 0.487. The number of hydrogen-bond acceptors (Lipinski definition) is 3. The van der Waals surface area contributed by atoms with Gasteiger partial charge >= 0.3 is 0 Å². The molecule has 0 spiro atoms. The summed E-state index contributed by atoms with van der Waals surface area (Å²) >= 11 is 0. The van der Waals surface area contributed by atoms with Gasteiger partial charge < -0.3 is 15.8 Å². The van der Waals surface area contributed by atoms with Gasteiger partial charge in [0.2, 0.25) is 5.91 Å². The number of para-hydroxylation sites is 1. The fraction of sp³-hybridized carbons (Fsp3) is 0.278.